The first-order chi connectivity index (χ1) is 17.9. The summed E-state index contributed by atoms with van der Waals surface area (Å²) in [5.41, 5.74) is 0. The standard InChI is InChI=1S/C18H38N6O11S3.3Na/c25-9-12(26)8-20-17-22-16(19-3-4-37(28,29)30)23-18(24-17)21-11-1-2-14-10(5-11)6-13(36-35-34-27)7-15(14)38(31,32)33;;;/h10-27H,1-9H2,(H,28,29,30)(H,31,32,33);;;/q;3*+1/p-3. The molecule has 0 spiro atoms. The fourth-order valence-electron chi connectivity index (χ4n) is 5.41. The van der Waals surface area contributed by atoms with E-state index in [4.69, 9.17) is 5.11 Å². The molecule has 224 valence electrons. The normalized spacial score (nSPS) is 32.9. The third-order valence-electron chi connectivity index (χ3n) is 7.02. The number of hydrogen-bond acceptors (Lipinski definition) is 18. The van der Waals surface area contributed by atoms with Gasteiger partial charge in [-0.15, -0.1) is 0 Å². The number of hydrogen-bond donors (Lipinski definition) is 8. The van der Waals surface area contributed by atoms with E-state index in [1.54, 1.807) is 0 Å². The van der Waals surface area contributed by atoms with Crippen LogP contribution in [0.1, 0.15) is 32.1 Å². The van der Waals surface area contributed by atoms with Crippen LogP contribution in [0.3, 0.4) is 0 Å². The SMILES string of the molecule is O=S(=O)([O-])CCNC1NC(NCC(O)CO)NC(NC2CCC3C(C2)CC(SOO[O-])CC3S(=O)(=O)[O-])N1.[Na+].[Na+].[Na+]. The molecule has 9 unspecified atom stereocenters. The summed E-state index contributed by atoms with van der Waals surface area (Å²) in [5, 5.41) is 49.5. The van der Waals surface area contributed by atoms with E-state index in [-0.39, 0.29) is 126 Å². The van der Waals surface area contributed by atoms with Gasteiger partial charge in [-0.05, 0) is 43.9 Å². The van der Waals surface area contributed by atoms with E-state index < -0.39 is 68.1 Å². The van der Waals surface area contributed by atoms with Crippen LogP contribution in [0.25, 0.3) is 0 Å². The zero-order chi connectivity index (χ0) is 27.9. The molecule has 41 heavy (non-hydrogen) atoms. The van der Waals surface area contributed by atoms with Gasteiger partial charge in [0.15, 0.2) is 0 Å². The molecule has 9 atom stereocenters. The molecule has 2 aliphatic carbocycles. The van der Waals surface area contributed by atoms with Crippen LogP contribution < -0.4 is 126 Å². The van der Waals surface area contributed by atoms with Crippen molar-refractivity contribution in [3.8, 4) is 0 Å². The molecule has 2 saturated carbocycles. The van der Waals surface area contributed by atoms with E-state index in [9.17, 15) is 36.3 Å². The molecular formula is C18H35N6Na3O11S3. The molecule has 17 nitrogen and oxygen atoms in total. The summed E-state index contributed by atoms with van der Waals surface area (Å²) < 4.78 is 73.1. The predicted octanol–water partition coefficient (Wildman–Crippen LogP) is -14.0. The van der Waals surface area contributed by atoms with Crippen molar-refractivity contribution in [2.45, 2.75) is 73.6 Å². The topological polar surface area (TPSA) is 269 Å². The van der Waals surface area contributed by atoms with E-state index in [1.807, 2.05) is 0 Å². The monoisotopic (exact) mass is 676 g/mol. The number of fused-ring (bicyclic) bond motifs is 1. The van der Waals surface area contributed by atoms with Crippen molar-refractivity contribution in [1.82, 2.24) is 31.9 Å². The van der Waals surface area contributed by atoms with Gasteiger partial charge in [0.05, 0.1) is 43.9 Å². The maximum atomic E-state index is 12.0. The summed E-state index contributed by atoms with van der Waals surface area (Å²) in [4.78, 5) is 0. The Balaban J connectivity index is 0.00000533. The molecule has 1 aliphatic heterocycles. The third-order valence-corrected chi connectivity index (χ3v) is 9.80. The second-order valence-corrected chi connectivity index (χ2v) is 13.8. The average molecular weight is 677 g/mol. The fraction of sp³-hybridized carbons (Fsp3) is 1.00. The molecule has 1 heterocycles. The van der Waals surface area contributed by atoms with Crippen molar-refractivity contribution < 1.29 is 139 Å². The minimum Gasteiger partial charge on any atom is -0.748 e. The molecule has 3 aliphatic rings. The largest absolute Gasteiger partial charge is 1.00 e. The van der Waals surface area contributed by atoms with Gasteiger partial charge in [0, 0.05) is 36.4 Å². The van der Waals surface area contributed by atoms with E-state index in [0.29, 0.717) is 25.7 Å². The molecule has 1 saturated heterocycles. The molecule has 0 aromatic heterocycles. The van der Waals surface area contributed by atoms with Gasteiger partial charge < -0.3 is 24.6 Å². The van der Waals surface area contributed by atoms with Gasteiger partial charge in [-0.3, -0.25) is 36.9 Å². The van der Waals surface area contributed by atoms with Crippen molar-refractivity contribution in [3.63, 3.8) is 0 Å². The van der Waals surface area contributed by atoms with Gasteiger partial charge in [0.2, 0.25) is 0 Å². The van der Waals surface area contributed by atoms with Crippen LogP contribution in [0.5, 0.6) is 0 Å². The van der Waals surface area contributed by atoms with Crippen molar-refractivity contribution in [2.75, 3.05) is 25.4 Å². The van der Waals surface area contributed by atoms with Gasteiger partial charge in [0.1, 0.15) is 18.9 Å². The Kier molecular flexibility index (Phi) is 22.2. The fourth-order valence-corrected chi connectivity index (χ4v) is 7.91. The molecule has 0 radical (unpaired) electrons. The van der Waals surface area contributed by atoms with Gasteiger partial charge in [-0.2, -0.15) is 4.33 Å². The van der Waals surface area contributed by atoms with Gasteiger partial charge in [-0.1, -0.05) is 0 Å². The smallest absolute Gasteiger partial charge is 0.748 e. The van der Waals surface area contributed by atoms with Crippen LogP contribution in [0, 0.1) is 11.8 Å². The summed E-state index contributed by atoms with van der Waals surface area (Å²) in [6.45, 7) is -0.526. The van der Waals surface area contributed by atoms with Crippen LogP contribution in [0.15, 0.2) is 0 Å². The first-order valence-corrected chi connectivity index (χ1v) is 16.0. The Labute approximate surface area is 311 Å². The number of rotatable bonds is 14. The summed E-state index contributed by atoms with van der Waals surface area (Å²) in [6, 6.07) is -0.0962. The summed E-state index contributed by atoms with van der Waals surface area (Å²) >= 11 is 0.718. The molecule has 0 amide bonds. The second kappa shape index (κ2) is 20.9. The van der Waals surface area contributed by atoms with Crippen molar-refractivity contribution in [2.24, 2.45) is 11.8 Å². The summed E-state index contributed by atoms with van der Waals surface area (Å²) in [6.07, 6.45) is -0.544. The van der Waals surface area contributed by atoms with Gasteiger partial charge in [-0.25, -0.2) is 16.8 Å². The number of nitrogens with one attached hydrogen (secondary N) is 6. The van der Waals surface area contributed by atoms with E-state index in [0.717, 1.165) is 12.0 Å². The maximum Gasteiger partial charge on any atom is 1.00 e. The third kappa shape index (κ3) is 15.5. The molecule has 3 fully saturated rings. The molecule has 0 aromatic carbocycles. The molecule has 0 bridgehead atoms. The van der Waals surface area contributed by atoms with Crippen molar-refractivity contribution in [3.05, 3.63) is 0 Å². The van der Waals surface area contributed by atoms with E-state index in [1.165, 1.54) is 0 Å². The van der Waals surface area contributed by atoms with E-state index >= 15 is 0 Å². The average Bonchev–Trinajstić information content (AvgIpc) is 2.84. The molecular weight excluding hydrogens is 641 g/mol. The Morgan fingerprint density at radius 2 is 1.59 bits per heavy atom. The summed E-state index contributed by atoms with van der Waals surface area (Å²) in [7, 11) is -8.97. The molecule has 3 rings (SSSR count). The van der Waals surface area contributed by atoms with Crippen molar-refractivity contribution in [1.29, 1.82) is 0 Å². The maximum absolute atomic E-state index is 12.0. The number of aliphatic hydroxyl groups excluding tert-OH is 2. The van der Waals surface area contributed by atoms with Gasteiger partial charge in [0.25, 0.3) is 0 Å². The Hall–Kier alpha value is 2.73. The van der Waals surface area contributed by atoms with Crippen LogP contribution in [0.4, 0.5) is 0 Å². The zero-order valence-corrected chi connectivity index (χ0v) is 31.8. The van der Waals surface area contributed by atoms with Gasteiger partial charge >= 0.3 is 88.7 Å². The van der Waals surface area contributed by atoms with Crippen molar-refractivity contribution >= 4 is 32.3 Å². The number of aliphatic hydroxyl groups is 2. The van der Waals surface area contributed by atoms with Crippen LogP contribution >= 0.6 is 12.0 Å². The quantitative estimate of drug-likeness (QED) is 0.0279. The summed E-state index contributed by atoms with van der Waals surface area (Å²) in [5.74, 6) is -1.05. The first kappa shape index (κ1) is 43.7. The van der Waals surface area contributed by atoms with Crippen LogP contribution in [-0.2, 0) is 29.6 Å². The molecule has 8 N–H and O–H groups in total. The predicted molar refractivity (Wildman–Crippen MR) is 128 cm³/mol. The molecule has 0 aromatic rings. The second-order valence-electron chi connectivity index (χ2n) is 9.72. The first-order valence-electron chi connectivity index (χ1n) is 12.2. The Morgan fingerprint density at radius 1 is 0.951 bits per heavy atom. The molecule has 23 heteroatoms. The minimum absolute atomic E-state index is 0. The Morgan fingerprint density at radius 3 is 2.17 bits per heavy atom. The minimum atomic E-state index is -4.56. The van der Waals surface area contributed by atoms with Crippen LogP contribution in [-0.4, -0.2) is 103 Å². The van der Waals surface area contributed by atoms with E-state index in [2.05, 4.69) is 41.3 Å². The van der Waals surface area contributed by atoms with Crippen LogP contribution in [0.2, 0.25) is 0 Å². The Bertz CT molecular complexity index is 964. The zero-order valence-electron chi connectivity index (χ0n) is 23.4.